The first-order chi connectivity index (χ1) is 8.00. The second-order valence-electron chi connectivity index (χ2n) is 3.84. The lowest BCUT2D eigenvalue weighted by atomic mass is 10.3. The number of carbonyl (C=O) groups is 1. The summed E-state index contributed by atoms with van der Waals surface area (Å²) in [6.07, 6.45) is -0.492. The molecule has 0 saturated carbocycles. The van der Waals surface area contributed by atoms with Crippen LogP contribution in [-0.2, 0) is 6.42 Å². The van der Waals surface area contributed by atoms with E-state index in [1.807, 2.05) is 0 Å². The largest absolute Gasteiger partial charge is 0.494 e. The Morgan fingerprint density at radius 3 is 2.82 bits per heavy atom. The number of aromatic nitrogens is 2. The molecule has 6 nitrogen and oxygen atoms in total. The molecule has 0 aliphatic carbocycles. The molecule has 6 heteroatoms. The number of hydrogen-bond acceptors (Lipinski definition) is 4. The van der Waals surface area contributed by atoms with Gasteiger partial charge in [0.1, 0.15) is 5.82 Å². The Kier molecular flexibility index (Phi) is 2.72. The van der Waals surface area contributed by atoms with Crippen LogP contribution in [0.15, 0.2) is 18.2 Å². The fourth-order valence-corrected chi connectivity index (χ4v) is 1.75. The van der Waals surface area contributed by atoms with E-state index in [9.17, 15) is 15.0 Å². The van der Waals surface area contributed by atoms with Crippen molar-refractivity contribution in [3.05, 3.63) is 29.7 Å². The van der Waals surface area contributed by atoms with Crippen molar-refractivity contribution in [1.82, 2.24) is 9.38 Å². The zero-order chi connectivity index (χ0) is 12.6. The van der Waals surface area contributed by atoms with Gasteiger partial charge in [-0.2, -0.15) is 0 Å². The first-order valence-electron chi connectivity index (χ1n) is 5.11. The second-order valence-corrected chi connectivity index (χ2v) is 3.84. The predicted octanol–water partition coefficient (Wildman–Crippen LogP) is 0.661. The lowest BCUT2D eigenvalue weighted by Gasteiger charge is -2.04. The van der Waals surface area contributed by atoms with Crippen molar-refractivity contribution in [3.63, 3.8) is 0 Å². The molecule has 1 atom stereocenters. The highest BCUT2D eigenvalue weighted by Crippen LogP contribution is 2.20. The monoisotopic (exact) mass is 236 g/mol. The summed E-state index contributed by atoms with van der Waals surface area (Å²) >= 11 is 0. The average Bonchev–Trinajstić information content (AvgIpc) is 2.57. The number of carboxylic acids is 1. The maximum Gasteiger partial charge on any atom is 0.356 e. The summed E-state index contributed by atoms with van der Waals surface area (Å²) in [5.41, 5.74) is 0.185. The Balaban J connectivity index is 2.71. The summed E-state index contributed by atoms with van der Waals surface area (Å²) in [5.74, 6) is -0.936. The van der Waals surface area contributed by atoms with Gasteiger partial charge in [-0.25, -0.2) is 9.78 Å². The standard InChI is InChI=1S/C11H12N2O4/c1-6(14)5-8-12-10(11(16)17)7-3-2-4-9(15)13(7)8/h2-4,6,14-15H,5H2,1H3,(H,16,17). The van der Waals surface area contributed by atoms with Crippen LogP contribution in [0.25, 0.3) is 5.52 Å². The van der Waals surface area contributed by atoms with Crippen LogP contribution in [-0.4, -0.2) is 36.8 Å². The number of aliphatic hydroxyl groups is 1. The first kappa shape index (κ1) is 11.4. The van der Waals surface area contributed by atoms with Crippen molar-refractivity contribution in [1.29, 1.82) is 0 Å². The third-order valence-electron chi connectivity index (χ3n) is 2.39. The molecule has 1 unspecified atom stereocenters. The van der Waals surface area contributed by atoms with Gasteiger partial charge in [-0.15, -0.1) is 0 Å². The maximum atomic E-state index is 11.0. The molecule has 2 rings (SSSR count). The van der Waals surface area contributed by atoms with Crippen LogP contribution in [0.5, 0.6) is 5.88 Å². The number of hydrogen-bond donors (Lipinski definition) is 3. The number of aromatic carboxylic acids is 1. The van der Waals surface area contributed by atoms with Crippen molar-refractivity contribution >= 4 is 11.5 Å². The van der Waals surface area contributed by atoms with Crippen LogP contribution in [0.4, 0.5) is 0 Å². The average molecular weight is 236 g/mol. The van der Waals surface area contributed by atoms with Gasteiger partial charge in [-0.1, -0.05) is 6.07 Å². The molecule has 0 aliphatic rings. The van der Waals surface area contributed by atoms with Gasteiger partial charge in [0, 0.05) is 6.42 Å². The molecule has 2 heterocycles. The normalized spacial score (nSPS) is 12.8. The zero-order valence-electron chi connectivity index (χ0n) is 9.16. The van der Waals surface area contributed by atoms with Gasteiger partial charge in [0.2, 0.25) is 0 Å². The molecule has 2 aromatic rings. The summed E-state index contributed by atoms with van der Waals surface area (Å²) in [5, 5.41) is 28.0. The molecule has 0 aliphatic heterocycles. The fourth-order valence-electron chi connectivity index (χ4n) is 1.75. The minimum atomic E-state index is -1.16. The van der Waals surface area contributed by atoms with Crippen molar-refractivity contribution in [2.24, 2.45) is 0 Å². The third kappa shape index (κ3) is 1.94. The molecular formula is C11H12N2O4. The molecule has 0 saturated heterocycles. The topological polar surface area (TPSA) is 95.1 Å². The van der Waals surface area contributed by atoms with Gasteiger partial charge in [0.25, 0.3) is 0 Å². The Hall–Kier alpha value is -2.08. The number of carboxylic acid groups (broad SMARTS) is 1. The highest BCUT2D eigenvalue weighted by molar-refractivity contribution is 5.93. The smallest absolute Gasteiger partial charge is 0.356 e. The summed E-state index contributed by atoms with van der Waals surface area (Å²) in [4.78, 5) is 14.9. The number of aromatic hydroxyl groups is 1. The highest BCUT2D eigenvalue weighted by atomic mass is 16.4. The van der Waals surface area contributed by atoms with E-state index in [1.165, 1.54) is 10.5 Å². The summed E-state index contributed by atoms with van der Waals surface area (Å²) in [7, 11) is 0. The van der Waals surface area contributed by atoms with E-state index in [0.717, 1.165) is 0 Å². The number of rotatable bonds is 3. The van der Waals surface area contributed by atoms with Crippen molar-refractivity contribution in [2.75, 3.05) is 0 Å². The van der Waals surface area contributed by atoms with E-state index < -0.39 is 12.1 Å². The molecular weight excluding hydrogens is 224 g/mol. The van der Waals surface area contributed by atoms with Gasteiger partial charge in [0.15, 0.2) is 11.6 Å². The van der Waals surface area contributed by atoms with E-state index in [0.29, 0.717) is 11.3 Å². The first-order valence-corrected chi connectivity index (χ1v) is 5.11. The number of pyridine rings is 1. The molecule has 0 bridgehead atoms. The molecule has 0 fully saturated rings. The Morgan fingerprint density at radius 2 is 2.24 bits per heavy atom. The van der Waals surface area contributed by atoms with Crippen LogP contribution in [0.3, 0.4) is 0 Å². The second kappa shape index (κ2) is 4.06. The van der Waals surface area contributed by atoms with E-state index in [-0.39, 0.29) is 18.0 Å². The molecule has 0 spiro atoms. The van der Waals surface area contributed by atoms with E-state index >= 15 is 0 Å². The summed E-state index contributed by atoms with van der Waals surface area (Å²) in [6, 6.07) is 4.54. The van der Waals surface area contributed by atoms with Crippen LogP contribution in [0, 0.1) is 0 Å². The zero-order valence-corrected chi connectivity index (χ0v) is 9.16. The number of imidazole rings is 1. The molecule has 3 N–H and O–H groups in total. The van der Waals surface area contributed by atoms with Crippen molar-refractivity contribution in [2.45, 2.75) is 19.4 Å². The lowest BCUT2D eigenvalue weighted by Crippen LogP contribution is -2.08. The van der Waals surface area contributed by atoms with Crippen LogP contribution < -0.4 is 0 Å². The van der Waals surface area contributed by atoms with E-state index in [1.54, 1.807) is 19.1 Å². The molecule has 17 heavy (non-hydrogen) atoms. The predicted molar refractivity (Wildman–Crippen MR) is 59.2 cm³/mol. The lowest BCUT2D eigenvalue weighted by molar-refractivity contribution is 0.0693. The Labute approximate surface area is 96.8 Å². The summed E-state index contributed by atoms with van der Waals surface area (Å²) in [6.45, 7) is 1.57. The van der Waals surface area contributed by atoms with Crippen LogP contribution in [0.1, 0.15) is 23.2 Å². The van der Waals surface area contributed by atoms with E-state index in [2.05, 4.69) is 4.98 Å². The fraction of sp³-hybridized carbons (Fsp3) is 0.273. The summed E-state index contributed by atoms with van der Waals surface area (Å²) < 4.78 is 1.33. The Morgan fingerprint density at radius 1 is 1.53 bits per heavy atom. The van der Waals surface area contributed by atoms with Gasteiger partial charge in [0.05, 0.1) is 11.6 Å². The van der Waals surface area contributed by atoms with E-state index in [4.69, 9.17) is 5.11 Å². The SMILES string of the molecule is CC(O)Cc1nc(C(=O)O)c2cccc(O)n12. The van der Waals surface area contributed by atoms with Gasteiger partial charge in [-0.05, 0) is 19.1 Å². The minimum absolute atomic E-state index is 0.0989. The Bertz CT molecular complexity index is 574. The maximum absolute atomic E-state index is 11.0. The third-order valence-corrected chi connectivity index (χ3v) is 2.39. The highest BCUT2D eigenvalue weighted by Gasteiger charge is 2.19. The van der Waals surface area contributed by atoms with Crippen molar-refractivity contribution < 1.29 is 20.1 Å². The number of aliphatic hydroxyl groups excluding tert-OH is 1. The van der Waals surface area contributed by atoms with Gasteiger partial charge in [-0.3, -0.25) is 4.40 Å². The molecule has 0 aromatic carbocycles. The van der Waals surface area contributed by atoms with Crippen molar-refractivity contribution in [3.8, 4) is 5.88 Å². The minimum Gasteiger partial charge on any atom is -0.494 e. The molecule has 0 amide bonds. The molecule has 0 radical (unpaired) electrons. The number of fused-ring (bicyclic) bond motifs is 1. The number of nitrogens with zero attached hydrogens (tertiary/aromatic N) is 2. The van der Waals surface area contributed by atoms with Gasteiger partial charge >= 0.3 is 5.97 Å². The molecule has 90 valence electrons. The van der Waals surface area contributed by atoms with Crippen LogP contribution >= 0.6 is 0 Å². The molecule has 2 aromatic heterocycles. The quantitative estimate of drug-likeness (QED) is 0.727. The van der Waals surface area contributed by atoms with Gasteiger partial charge < -0.3 is 15.3 Å². The van der Waals surface area contributed by atoms with Crippen LogP contribution in [0.2, 0.25) is 0 Å².